The lowest BCUT2D eigenvalue weighted by Gasteiger charge is -2.16. The number of nitrogens with one attached hydrogen (secondary N) is 1. The van der Waals surface area contributed by atoms with Crippen molar-refractivity contribution in [3.63, 3.8) is 0 Å². The summed E-state index contributed by atoms with van der Waals surface area (Å²) in [6, 6.07) is 7.34. The Bertz CT molecular complexity index is 1090. The van der Waals surface area contributed by atoms with Gasteiger partial charge >= 0.3 is 5.97 Å². The number of anilines is 2. The number of fused-ring (bicyclic) bond motifs is 1. The molecule has 8 nitrogen and oxygen atoms in total. The fourth-order valence-corrected chi connectivity index (χ4v) is 2.88. The number of carbonyl (C=O) groups excluding carboxylic acids is 1. The summed E-state index contributed by atoms with van der Waals surface area (Å²) >= 11 is 0. The Kier molecular flexibility index (Phi) is 5.12. The Morgan fingerprint density at radius 1 is 1.29 bits per heavy atom. The number of phenolic OH excluding ortho intramolecular Hbond substituents is 1. The number of aromatic hydroxyl groups is 1. The molecule has 0 aliphatic rings. The molecule has 1 heterocycles. The van der Waals surface area contributed by atoms with Crippen LogP contribution in [0.5, 0.6) is 5.75 Å². The molecule has 3 aromatic rings. The summed E-state index contributed by atoms with van der Waals surface area (Å²) < 4.78 is 5.11. The second-order valence-electron chi connectivity index (χ2n) is 6.25. The van der Waals surface area contributed by atoms with Crippen LogP contribution < -0.4 is 5.32 Å². The van der Waals surface area contributed by atoms with Crippen molar-refractivity contribution in [2.24, 2.45) is 0 Å². The molecule has 0 radical (unpaired) electrons. The Morgan fingerprint density at radius 3 is 2.71 bits per heavy atom. The summed E-state index contributed by atoms with van der Waals surface area (Å²) in [6.45, 7) is 5.75. The number of aromatic nitrogens is 1. The lowest BCUT2D eigenvalue weighted by molar-refractivity contribution is -0.384. The highest BCUT2D eigenvalue weighted by Crippen LogP contribution is 2.36. The SMILES string of the molecule is CCOC(=O)c1cnc2c(C)c(C)ccc2c1Nc1cc([N+](=O)[O-])ccc1O. The molecule has 2 aromatic carbocycles. The van der Waals surface area contributed by atoms with E-state index in [-0.39, 0.29) is 29.3 Å². The van der Waals surface area contributed by atoms with Crippen molar-refractivity contribution in [3.8, 4) is 5.75 Å². The molecule has 0 atom stereocenters. The van der Waals surface area contributed by atoms with Crippen LogP contribution in [0.15, 0.2) is 36.5 Å². The number of hydrogen-bond acceptors (Lipinski definition) is 7. The number of pyridine rings is 1. The minimum atomic E-state index is -0.581. The van der Waals surface area contributed by atoms with Gasteiger partial charge in [0.15, 0.2) is 0 Å². The smallest absolute Gasteiger partial charge is 0.341 e. The van der Waals surface area contributed by atoms with Crippen LogP contribution in [0.25, 0.3) is 10.9 Å². The van der Waals surface area contributed by atoms with Gasteiger partial charge < -0.3 is 15.2 Å². The van der Waals surface area contributed by atoms with Crippen molar-refractivity contribution >= 4 is 33.9 Å². The van der Waals surface area contributed by atoms with Gasteiger partial charge in [0.2, 0.25) is 0 Å². The normalized spacial score (nSPS) is 10.7. The van der Waals surface area contributed by atoms with Crippen LogP contribution >= 0.6 is 0 Å². The van der Waals surface area contributed by atoms with Crippen LogP contribution in [0.4, 0.5) is 17.1 Å². The van der Waals surface area contributed by atoms with Gasteiger partial charge in [0, 0.05) is 23.7 Å². The number of hydrogen-bond donors (Lipinski definition) is 2. The van der Waals surface area contributed by atoms with E-state index in [1.165, 1.54) is 24.4 Å². The molecule has 0 aliphatic carbocycles. The van der Waals surface area contributed by atoms with E-state index in [4.69, 9.17) is 4.74 Å². The van der Waals surface area contributed by atoms with Crippen LogP contribution in [0.3, 0.4) is 0 Å². The molecular formula is C20H19N3O5. The standard InChI is InChI=1S/C20H19N3O5/c1-4-28-20(25)15-10-21-18-12(3)11(2)5-7-14(18)19(15)22-16-9-13(23(26)27)6-8-17(16)24/h5-10,24H,4H2,1-3H3,(H,21,22). The number of nitro benzene ring substituents is 1. The summed E-state index contributed by atoms with van der Waals surface area (Å²) in [7, 11) is 0. The average molecular weight is 381 g/mol. The predicted molar refractivity (Wildman–Crippen MR) is 105 cm³/mol. The number of carbonyl (C=O) groups is 1. The van der Waals surface area contributed by atoms with Gasteiger partial charge in [-0.25, -0.2) is 4.79 Å². The van der Waals surface area contributed by atoms with Gasteiger partial charge in [-0.1, -0.05) is 12.1 Å². The summed E-state index contributed by atoms with van der Waals surface area (Å²) in [5, 5.41) is 24.9. The van der Waals surface area contributed by atoms with E-state index in [0.29, 0.717) is 16.6 Å². The molecule has 2 N–H and O–H groups in total. The zero-order valence-electron chi connectivity index (χ0n) is 15.6. The highest BCUT2D eigenvalue weighted by Gasteiger charge is 2.20. The molecule has 8 heteroatoms. The highest BCUT2D eigenvalue weighted by atomic mass is 16.6. The van der Waals surface area contributed by atoms with Crippen molar-refractivity contribution in [1.82, 2.24) is 4.98 Å². The minimum Gasteiger partial charge on any atom is -0.506 e. The Morgan fingerprint density at radius 2 is 2.04 bits per heavy atom. The van der Waals surface area contributed by atoms with Gasteiger partial charge in [-0.2, -0.15) is 0 Å². The van der Waals surface area contributed by atoms with E-state index < -0.39 is 10.9 Å². The third-order valence-corrected chi connectivity index (χ3v) is 4.51. The summed E-state index contributed by atoms with van der Waals surface area (Å²) in [5.41, 5.74) is 3.10. The maximum Gasteiger partial charge on any atom is 0.341 e. The first-order valence-corrected chi connectivity index (χ1v) is 8.64. The van der Waals surface area contributed by atoms with Crippen molar-refractivity contribution < 1.29 is 19.6 Å². The molecule has 0 fully saturated rings. The van der Waals surface area contributed by atoms with Gasteiger partial charge in [0.1, 0.15) is 11.3 Å². The van der Waals surface area contributed by atoms with Crippen LogP contribution in [-0.4, -0.2) is 27.6 Å². The molecule has 1 aromatic heterocycles. The van der Waals surface area contributed by atoms with Crippen molar-refractivity contribution in [1.29, 1.82) is 0 Å². The number of non-ortho nitro benzene ring substituents is 1. The van der Waals surface area contributed by atoms with Gasteiger partial charge in [0.25, 0.3) is 5.69 Å². The Balaban J connectivity index is 2.24. The first kappa shape index (κ1) is 19.1. The molecule has 0 aliphatic heterocycles. The number of benzene rings is 2. The zero-order valence-corrected chi connectivity index (χ0v) is 15.6. The van der Waals surface area contributed by atoms with Gasteiger partial charge in [-0.15, -0.1) is 0 Å². The summed E-state index contributed by atoms with van der Waals surface area (Å²) in [6.07, 6.45) is 1.41. The number of ether oxygens (including phenoxy) is 1. The number of phenols is 1. The summed E-state index contributed by atoms with van der Waals surface area (Å²) in [4.78, 5) is 27.4. The van der Waals surface area contributed by atoms with E-state index in [2.05, 4.69) is 10.3 Å². The van der Waals surface area contributed by atoms with Crippen LogP contribution in [0.2, 0.25) is 0 Å². The minimum absolute atomic E-state index is 0.102. The molecule has 0 saturated carbocycles. The largest absolute Gasteiger partial charge is 0.506 e. The maximum absolute atomic E-state index is 12.4. The maximum atomic E-state index is 12.4. The Hall–Kier alpha value is -3.68. The lowest BCUT2D eigenvalue weighted by atomic mass is 10.0. The lowest BCUT2D eigenvalue weighted by Crippen LogP contribution is -2.10. The molecule has 0 spiro atoms. The monoisotopic (exact) mass is 381 g/mol. The zero-order chi connectivity index (χ0) is 20.4. The topological polar surface area (TPSA) is 115 Å². The number of rotatable bonds is 5. The van der Waals surface area contributed by atoms with Crippen LogP contribution in [0.1, 0.15) is 28.4 Å². The number of nitrogens with zero attached hydrogens (tertiary/aromatic N) is 2. The average Bonchev–Trinajstić information content (AvgIpc) is 2.66. The van der Waals surface area contributed by atoms with Crippen molar-refractivity contribution in [2.75, 3.05) is 11.9 Å². The molecule has 0 bridgehead atoms. The third-order valence-electron chi connectivity index (χ3n) is 4.51. The molecular weight excluding hydrogens is 362 g/mol. The second-order valence-corrected chi connectivity index (χ2v) is 6.25. The third kappa shape index (κ3) is 3.44. The molecule has 28 heavy (non-hydrogen) atoms. The van der Waals surface area contributed by atoms with Crippen LogP contribution in [0, 0.1) is 24.0 Å². The number of aryl methyl sites for hydroxylation is 2. The fourth-order valence-electron chi connectivity index (χ4n) is 2.88. The van der Waals surface area contributed by atoms with E-state index in [1.807, 2.05) is 26.0 Å². The summed E-state index contributed by atoms with van der Waals surface area (Å²) in [5.74, 6) is -0.767. The predicted octanol–water partition coefficient (Wildman–Crippen LogP) is 4.39. The molecule has 0 unspecified atom stereocenters. The molecule has 144 valence electrons. The highest BCUT2D eigenvalue weighted by molar-refractivity contribution is 6.07. The number of nitro groups is 1. The molecule has 0 amide bonds. The Labute approximate surface area is 160 Å². The fraction of sp³-hybridized carbons (Fsp3) is 0.200. The van der Waals surface area contributed by atoms with Crippen molar-refractivity contribution in [3.05, 3.63) is 63.3 Å². The van der Waals surface area contributed by atoms with E-state index in [1.54, 1.807) is 6.92 Å². The van der Waals surface area contributed by atoms with Gasteiger partial charge in [-0.05, 0) is 38.0 Å². The first-order valence-electron chi connectivity index (χ1n) is 8.64. The number of esters is 1. The van der Waals surface area contributed by atoms with Crippen molar-refractivity contribution in [2.45, 2.75) is 20.8 Å². The second kappa shape index (κ2) is 7.51. The first-order chi connectivity index (χ1) is 13.3. The van der Waals surface area contributed by atoms with E-state index >= 15 is 0 Å². The van der Waals surface area contributed by atoms with Gasteiger partial charge in [-0.3, -0.25) is 15.1 Å². The van der Waals surface area contributed by atoms with Gasteiger partial charge in [0.05, 0.1) is 28.4 Å². The van der Waals surface area contributed by atoms with E-state index in [0.717, 1.165) is 11.1 Å². The van der Waals surface area contributed by atoms with Crippen LogP contribution in [-0.2, 0) is 4.74 Å². The molecule has 0 saturated heterocycles. The quantitative estimate of drug-likeness (QED) is 0.291. The van der Waals surface area contributed by atoms with E-state index in [9.17, 15) is 20.0 Å². The molecule has 3 rings (SSSR count).